The van der Waals surface area contributed by atoms with E-state index in [1.807, 2.05) is 36.1 Å². The number of anilines is 2. The van der Waals surface area contributed by atoms with Gasteiger partial charge in [-0.25, -0.2) is 0 Å². The quantitative estimate of drug-likeness (QED) is 0.923. The van der Waals surface area contributed by atoms with E-state index in [-0.39, 0.29) is 17.7 Å². The molecule has 0 bridgehead atoms. The van der Waals surface area contributed by atoms with E-state index in [9.17, 15) is 9.59 Å². The predicted octanol–water partition coefficient (Wildman–Crippen LogP) is 2.51. The highest BCUT2D eigenvalue weighted by atomic mass is 16.2. The fraction of sp³-hybridized carbons (Fsp3) is 0.389. The lowest BCUT2D eigenvalue weighted by molar-refractivity contribution is -0.119. The highest BCUT2D eigenvalue weighted by Gasteiger charge is 2.36. The van der Waals surface area contributed by atoms with Gasteiger partial charge in [-0.05, 0) is 44.4 Å². The van der Waals surface area contributed by atoms with Crippen LogP contribution < -0.4 is 9.80 Å². The molecule has 1 aliphatic carbocycles. The molecule has 2 aromatic rings. The standard InChI is InChI=1S/C18H20N4O2/c1-12-11-14(20-19-12)18(24)22-10-4-9-21(17(23)13-7-8-13)15-5-2-3-6-16(15)22/h2-3,5-6,11,13H,4,7-10H2,1H3,(H,19,20). The lowest BCUT2D eigenvalue weighted by atomic mass is 10.2. The number of para-hydroxylation sites is 2. The van der Waals surface area contributed by atoms with Crippen LogP contribution in [0.2, 0.25) is 0 Å². The Morgan fingerprint density at radius 2 is 1.79 bits per heavy atom. The Bertz CT molecular complexity index is 794. The number of H-pyrrole nitrogens is 1. The molecule has 124 valence electrons. The molecule has 4 rings (SSSR count). The summed E-state index contributed by atoms with van der Waals surface area (Å²) in [4.78, 5) is 29.1. The van der Waals surface area contributed by atoms with E-state index in [4.69, 9.17) is 0 Å². The monoisotopic (exact) mass is 324 g/mol. The van der Waals surface area contributed by atoms with Crippen LogP contribution >= 0.6 is 0 Å². The zero-order valence-electron chi connectivity index (χ0n) is 13.7. The van der Waals surface area contributed by atoms with Crippen LogP contribution in [-0.4, -0.2) is 35.1 Å². The molecule has 0 saturated heterocycles. The molecule has 0 unspecified atom stereocenters. The predicted molar refractivity (Wildman–Crippen MR) is 91.1 cm³/mol. The second-order valence-corrected chi connectivity index (χ2v) is 6.50. The van der Waals surface area contributed by atoms with E-state index >= 15 is 0 Å². The number of hydrogen-bond donors (Lipinski definition) is 1. The summed E-state index contributed by atoms with van der Waals surface area (Å²) in [6.45, 7) is 3.10. The summed E-state index contributed by atoms with van der Waals surface area (Å²) in [7, 11) is 0. The molecule has 0 atom stereocenters. The van der Waals surface area contributed by atoms with Gasteiger partial charge in [-0.3, -0.25) is 14.7 Å². The lowest BCUT2D eigenvalue weighted by Crippen LogP contribution is -2.32. The number of nitrogens with zero attached hydrogens (tertiary/aromatic N) is 3. The Balaban J connectivity index is 1.71. The first-order chi connectivity index (χ1) is 11.6. The Kier molecular flexibility index (Phi) is 3.59. The number of aromatic amines is 1. The van der Waals surface area contributed by atoms with Gasteiger partial charge in [-0.1, -0.05) is 12.1 Å². The average molecular weight is 324 g/mol. The zero-order chi connectivity index (χ0) is 16.7. The van der Waals surface area contributed by atoms with Crippen molar-refractivity contribution >= 4 is 23.2 Å². The molecule has 6 nitrogen and oxygen atoms in total. The van der Waals surface area contributed by atoms with Crippen LogP contribution in [0, 0.1) is 12.8 Å². The molecule has 24 heavy (non-hydrogen) atoms. The van der Waals surface area contributed by atoms with Gasteiger partial charge in [-0.2, -0.15) is 5.10 Å². The van der Waals surface area contributed by atoms with E-state index in [0.29, 0.717) is 18.8 Å². The molecule has 2 amide bonds. The first-order valence-corrected chi connectivity index (χ1v) is 8.39. The molecule has 1 aromatic carbocycles. The second kappa shape index (κ2) is 5.78. The summed E-state index contributed by atoms with van der Waals surface area (Å²) >= 11 is 0. The van der Waals surface area contributed by atoms with Crippen molar-refractivity contribution in [2.24, 2.45) is 5.92 Å². The largest absolute Gasteiger partial charge is 0.310 e. The Hall–Kier alpha value is -2.63. The zero-order valence-corrected chi connectivity index (χ0v) is 13.7. The fourth-order valence-corrected chi connectivity index (χ4v) is 3.20. The molecule has 1 N–H and O–H groups in total. The molecular weight excluding hydrogens is 304 g/mol. The van der Waals surface area contributed by atoms with Gasteiger partial charge in [0.05, 0.1) is 11.4 Å². The van der Waals surface area contributed by atoms with Crippen LogP contribution in [0.4, 0.5) is 11.4 Å². The maximum Gasteiger partial charge on any atom is 0.278 e. The summed E-state index contributed by atoms with van der Waals surface area (Å²) in [5.74, 6) is 0.217. The van der Waals surface area contributed by atoms with Gasteiger partial charge >= 0.3 is 0 Å². The minimum Gasteiger partial charge on any atom is -0.310 e. The Morgan fingerprint density at radius 1 is 1.12 bits per heavy atom. The molecule has 2 aliphatic rings. The number of aryl methyl sites for hydroxylation is 1. The topological polar surface area (TPSA) is 69.3 Å². The number of nitrogens with one attached hydrogen (secondary N) is 1. The Labute approximate surface area is 140 Å². The molecule has 1 aliphatic heterocycles. The van der Waals surface area contributed by atoms with E-state index < -0.39 is 0 Å². The van der Waals surface area contributed by atoms with Crippen LogP contribution in [0.5, 0.6) is 0 Å². The third kappa shape index (κ3) is 2.58. The normalized spacial score (nSPS) is 17.4. The smallest absolute Gasteiger partial charge is 0.278 e. The molecular formula is C18H20N4O2. The van der Waals surface area contributed by atoms with Crippen molar-refractivity contribution in [3.05, 3.63) is 41.7 Å². The fourth-order valence-electron chi connectivity index (χ4n) is 3.20. The molecule has 2 heterocycles. The molecule has 1 aromatic heterocycles. The first kappa shape index (κ1) is 14.9. The summed E-state index contributed by atoms with van der Waals surface area (Å²) < 4.78 is 0. The summed E-state index contributed by atoms with van der Waals surface area (Å²) in [5, 5.41) is 6.91. The number of amides is 2. The highest BCUT2D eigenvalue weighted by molar-refractivity contribution is 6.09. The number of hydrogen-bond acceptors (Lipinski definition) is 3. The van der Waals surface area contributed by atoms with Crippen molar-refractivity contribution in [3.8, 4) is 0 Å². The van der Waals surface area contributed by atoms with Gasteiger partial charge in [0.25, 0.3) is 5.91 Å². The van der Waals surface area contributed by atoms with Crippen LogP contribution in [0.1, 0.15) is 35.4 Å². The van der Waals surface area contributed by atoms with Gasteiger partial charge in [-0.15, -0.1) is 0 Å². The van der Waals surface area contributed by atoms with Crippen LogP contribution in [0.15, 0.2) is 30.3 Å². The van der Waals surface area contributed by atoms with Gasteiger partial charge in [0.2, 0.25) is 5.91 Å². The Morgan fingerprint density at radius 3 is 2.42 bits per heavy atom. The number of aromatic nitrogens is 2. The van der Waals surface area contributed by atoms with Gasteiger partial charge in [0.1, 0.15) is 0 Å². The van der Waals surface area contributed by atoms with E-state index in [1.54, 1.807) is 11.0 Å². The van der Waals surface area contributed by atoms with E-state index in [0.717, 1.165) is 36.3 Å². The molecule has 0 radical (unpaired) electrons. The molecule has 1 fully saturated rings. The minimum absolute atomic E-state index is 0.132. The highest BCUT2D eigenvalue weighted by Crippen LogP contribution is 2.38. The lowest BCUT2D eigenvalue weighted by Gasteiger charge is -2.25. The maximum absolute atomic E-state index is 12.9. The van der Waals surface area contributed by atoms with Gasteiger partial charge < -0.3 is 9.80 Å². The van der Waals surface area contributed by atoms with E-state index in [1.165, 1.54) is 0 Å². The third-order valence-corrected chi connectivity index (χ3v) is 4.59. The molecule has 1 saturated carbocycles. The average Bonchev–Trinajstić information content (AvgIpc) is 3.38. The molecule has 6 heteroatoms. The van der Waals surface area contributed by atoms with Crippen LogP contribution in [0.25, 0.3) is 0 Å². The van der Waals surface area contributed by atoms with Crippen LogP contribution in [0.3, 0.4) is 0 Å². The van der Waals surface area contributed by atoms with Crippen molar-refractivity contribution in [3.63, 3.8) is 0 Å². The van der Waals surface area contributed by atoms with Crippen LogP contribution in [-0.2, 0) is 4.79 Å². The van der Waals surface area contributed by atoms with Crippen molar-refractivity contribution in [2.45, 2.75) is 26.2 Å². The number of carbonyl (C=O) groups is 2. The number of rotatable bonds is 2. The SMILES string of the molecule is Cc1cc(C(=O)N2CCCN(C(=O)C3CC3)c3ccccc32)n[nH]1. The van der Waals surface area contributed by atoms with Gasteiger partial charge in [0.15, 0.2) is 5.69 Å². The van der Waals surface area contributed by atoms with Crippen molar-refractivity contribution < 1.29 is 9.59 Å². The van der Waals surface area contributed by atoms with Crippen molar-refractivity contribution in [2.75, 3.05) is 22.9 Å². The summed E-state index contributed by atoms with van der Waals surface area (Å²) in [5.41, 5.74) is 2.87. The van der Waals surface area contributed by atoms with Crippen molar-refractivity contribution in [1.29, 1.82) is 0 Å². The first-order valence-electron chi connectivity index (χ1n) is 8.39. The summed E-state index contributed by atoms with van der Waals surface area (Å²) in [6.07, 6.45) is 2.71. The molecule has 0 spiro atoms. The minimum atomic E-state index is -0.132. The summed E-state index contributed by atoms with van der Waals surface area (Å²) in [6, 6.07) is 9.41. The third-order valence-electron chi connectivity index (χ3n) is 4.59. The number of fused-ring (bicyclic) bond motifs is 1. The van der Waals surface area contributed by atoms with Crippen molar-refractivity contribution in [1.82, 2.24) is 10.2 Å². The number of carbonyl (C=O) groups excluding carboxylic acids is 2. The second-order valence-electron chi connectivity index (χ2n) is 6.50. The van der Waals surface area contributed by atoms with Gasteiger partial charge in [0, 0.05) is 24.7 Å². The number of benzene rings is 1. The van der Waals surface area contributed by atoms with E-state index in [2.05, 4.69) is 10.2 Å². The maximum atomic E-state index is 12.9.